The van der Waals surface area contributed by atoms with Crippen molar-refractivity contribution in [1.29, 1.82) is 0 Å². The van der Waals surface area contributed by atoms with Gasteiger partial charge in [0.2, 0.25) is 0 Å². The Kier molecular flexibility index (Phi) is 5.20. The summed E-state index contributed by atoms with van der Waals surface area (Å²) in [5.41, 5.74) is 9.96. The molecule has 1 aromatic rings. The van der Waals surface area contributed by atoms with Gasteiger partial charge in [0.05, 0.1) is 17.9 Å². The van der Waals surface area contributed by atoms with Gasteiger partial charge in [0.25, 0.3) is 0 Å². The Labute approximate surface area is 139 Å². The smallest absolute Gasteiger partial charge is 0.189 e. The van der Waals surface area contributed by atoms with Gasteiger partial charge in [0, 0.05) is 19.6 Å². The highest BCUT2D eigenvalue weighted by atomic mass is 15.3. The van der Waals surface area contributed by atoms with Crippen LogP contribution in [0.4, 0.5) is 0 Å². The van der Waals surface area contributed by atoms with Crippen molar-refractivity contribution in [2.75, 3.05) is 19.6 Å². The first-order valence-electron chi connectivity index (χ1n) is 9.00. The van der Waals surface area contributed by atoms with E-state index in [-0.39, 0.29) is 0 Å². The van der Waals surface area contributed by atoms with Crippen LogP contribution >= 0.6 is 0 Å². The maximum absolute atomic E-state index is 6.07. The van der Waals surface area contributed by atoms with E-state index in [4.69, 9.17) is 5.73 Å². The number of hydrogen-bond donors (Lipinski definition) is 2. The van der Waals surface area contributed by atoms with Crippen LogP contribution in [0.1, 0.15) is 49.6 Å². The maximum atomic E-state index is 6.07. The van der Waals surface area contributed by atoms with Crippen molar-refractivity contribution in [3.05, 3.63) is 17.0 Å². The predicted octanol–water partition coefficient (Wildman–Crippen LogP) is 1.19. The quantitative estimate of drug-likeness (QED) is 0.632. The molecule has 1 aromatic heterocycles. The number of likely N-dealkylation sites (N-methyl/N-ethyl adjacent to an activating group) is 1. The molecule has 1 unspecified atom stereocenters. The normalized spacial score (nSPS) is 22.3. The van der Waals surface area contributed by atoms with Crippen molar-refractivity contribution in [2.45, 2.75) is 58.0 Å². The van der Waals surface area contributed by atoms with Crippen LogP contribution in [0.25, 0.3) is 0 Å². The van der Waals surface area contributed by atoms with E-state index in [1.54, 1.807) is 0 Å². The van der Waals surface area contributed by atoms with Crippen LogP contribution in [-0.4, -0.2) is 46.3 Å². The fourth-order valence-corrected chi connectivity index (χ4v) is 3.93. The van der Waals surface area contributed by atoms with Gasteiger partial charge in [0.1, 0.15) is 0 Å². The average molecular weight is 318 g/mol. The monoisotopic (exact) mass is 318 g/mol. The number of fused-ring (bicyclic) bond motifs is 1. The van der Waals surface area contributed by atoms with Gasteiger partial charge in [-0.3, -0.25) is 9.58 Å². The first-order valence-corrected chi connectivity index (χ1v) is 9.00. The Morgan fingerprint density at radius 1 is 1.35 bits per heavy atom. The van der Waals surface area contributed by atoms with E-state index in [2.05, 4.69) is 27.2 Å². The fraction of sp³-hybridized carbons (Fsp3) is 0.765. The number of nitrogens with two attached hydrogens (primary N) is 1. The van der Waals surface area contributed by atoms with Gasteiger partial charge in [-0.15, -0.1) is 0 Å². The van der Waals surface area contributed by atoms with Crippen LogP contribution < -0.4 is 11.1 Å². The molecule has 3 N–H and O–H groups in total. The second-order valence-corrected chi connectivity index (χ2v) is 6.71. The molecule has 3 rings (SSSR count). The Balaban J connectivity index is 1.56. The number of aliphatic imine (C=N–C) groups is 1. The van der Waals surface area contributed by atoms with Crippen molar-refractivity contribution in [2.24, 2.45) is 17.8 Å². The summed E-state index contributed by atoms with van der Waals surface area (Å²) in [4.78, 5) is 7.06. The highest BCUT2D eigenvalue weighted by Crippen LogP contribution is 2.24. The van der Waals surface area contributed by atoms with E-state index >= 15 is 0 Å². The largest absolute Gasteiger partial charge is 0.370 e. The Morgan fingerprint density at radius 2 is 2.17 bits per heavy atom. The topological polar surface area (TPSA) is 71.5 Å². The molecular weight excluding hydrogens is 288 g/mol. The number of rotatable bonds is 5. The molecule has 2 heterocycles. The molecular formula is C17H30N6. The molecule has 2 aliphatic rings. The predicted molar refractivity (Wildman–Crippen MR) is 93.4 cm³/mol. The van der Waals surface area contributed by atoms with Crippen LogP contribution in [-0.2, 0) is 26.4 Å². The molecule has 6 nitrogen and oxygen atoms in total. The maximum Gasteiger partial charge on any atom is 0.189 e. The zero-order valence-corrected chi connectivity index (χ0v) is 14.5. The molecule has 0 amide bonds. The number of hydrogen-bond acceptors (Lipinski definition) is 3. The lowest BCUT2D eigenvalue weighted by molar-refractivity contribution is 0.267. The second-order valence-electron chi connectivity index (χ2n) is 6.71. The number of guanidine groups is 1. The summed E-state index contributed by atoms with van der Waals surface area (Å²) >= 11 is 0. The number of aryl methyl sites for hydroxylation is 2. The van der Waals surface area contributed by atoms with Crippen molar-refractivity contribution < 1.29 is 0 Å². The van der Waals surface area contributed by atoms with E-state index in [0.29, 0.717) is 18.5 Å². The second kappa shape index (κ2) is 7.34. The minimum Gasteiger partial charge on any atom is -0.370 e. The number of aromatic nitrogens is 2. The molecule has 1 atom stereocenters. The number of nitrogens with zero attached hydrogens (tertiary/aromatic N) is 4. The third-order valence-electron chi connectivity index (χ3n) is 5.27. The third-order valence-corrected chi connectivity index (χ3v) is 5.27. The molecule has 0 saturated carbocycles. The van der Waals surface area contributed by atoms with E-state index in [0.717, 1.165) is 25.9 Å². The van der Waals surface area contributed by atoms with Gasteiger partial charge in [0.15, 0.2) is 5.96 Å². The fourth-order valence-electron chi connectivity index (χ4n) is 3.93. The van der Waals surface area contributed by atoms with Gasteiger partial charge in [-0.2, -0.15) is 5.10 Å². The molecule has 1 aliphatic carbocycles. The Hall–Kier alpha value is -1.56. The summed E-state index contributed by atoms with van der Waals surface area (Å²) in [6.45, 7) is 6.07. The van der Waals surface area contributed by atoms with E-state index in [1.165, 1.54) is 49.2 Å². The SMILES string of the molecule is CCN1CCCC1CNC(N)=NCc1c2c(nn1C)CCCC2. The molecule has 1 aliphatic heterocycles. The lowest BCUT2D eigenvalue weighted by Crippen LogP contribution is -2.42. The molecule has 0 spiro atoms. The summed E-state index contributed by atoms with van der Waals surface area (Å²) in [6, 6.07) is 0.596. The molecule has 0 aromatic carbocycles. The van der Waals surface area contributed by atoms with Crippen LogP contribution in [0, 0.1) is 0 Å². The van der Waals surface area contributed by atoms with Gasteiger partial charge < -0.3 is 11.1 Å². The summed E-state index contributed by atoms with van der Waals surface area (Å²) in [6.07, 6.45) is 7.30. The van der Waals surface area contributed by atoms with Crippen molar-refractivity contribution in [3.63, 3.8) is 0 Å². The molecule has 23 heavy (non-hydrogen) atoms. The lowest BCUT2D eigenvalue weighted by Gasteiger charge is -2.23. The van der Waals surface area contributed by atoms with Crippen molar-refractivity contribution >= 4 is 5.96 Å². The highest BCUT2D eigenvalue weighted by Gasteiger charge is 2.22. The van der Waals surface area contributed by atoms with Gasteiger partial charge in [-0.1, -0.05) is 6.92 Å². The molecule has 6 heteroatoms. The third kappa shape index (κ3) is 3.68. The molecule has 1 saturated heterocycles. The van der Waals surface area contributed by atoms with Crippen molar-refractivity contribution in [1.82, 2.24) is 20.0 Å². The van der Waals surface area contributed by atoms with E-state index < -0.39 is 0 Å². The molecule has 0 bridgehead atoms. The summed E-state index contributed by atoms with van der Waals surface area (Å²) < 4.78 is 1.99. The zero-order chi connectivity index (χ0) is 16.2. The number of likely N-dealkylation sites (tertiary alicyclic amines) is 1. The first-order chi connectivity index (χ1) is 11.2. The Bertz CT molecular complexity index is 562. The number of nitrogens with one attached hydrogen (secondary N) is 1. The average Bonchev–Trinajstić information content (AvgIpc) is 3.14. The molecule has 1 fully saturated rings. The van der Waals surface area contributed by atoms with Crippen LogP contribution in [0.3, 0.4) is 0 Å². The summed E-state index contributed by atoms with van der Waals surface area (Å²) in [5.74, 6) is 0.554. The zero-order valence-electron chi connectivity index (χ0n) is 14.5. The van der Waals surface area contributed by atoms with Gasteiger partial charge >= 0.3 is 0 Å². The van der Waals surface area contributed by atoms with Gasteiger partial charge in [-0.05, 0) is 57.2 Å². The van der Waals surface area contributed by atoms with E-state index in [1.807, 2.05) is 11.7 Å². The van der Waals surface area contributed by atoms with E-state index in [9.17, 15) is 0 Å². The lowest BCUT2D eigenvalue weighted by atomic mass is 9.96. The highest BCUT2D eigenvalue weighted by molar-refractivity contribution is 5.77. The van der Waals surface area contributed by atoms with Crippen LogP contribution in [0.15, 0.2) is 4.99 Å². The summed E-state index contributed by atoms with van der Waals surface area (Å²) in [7, 11) is 2.02. The first kappa shape index (κ1) is 16.3. The minimum absolute atomic E-state index is 0.554. The Morgan fingerprint density at radius 3 is 3.00 bits per heavy atom. The summed E-state index contributed by atoms with van der Waals surface area (Å²) in [5, 5.41) is 7.95. The van der Waals surface area contributed by atoms with Crippen molar-refractivity contribution in [3.8, 4) is 0 Å². The standard InChI is InChI=1S/C17H30N6/c1-3-23-10-6-7-13(23)11-19-17(18)20-12-16-14-8-4-5-9-15(14)21-22(16)2/h13H,3-12H2,1-2H3,(H3,18,19,20). The minimum atomic E-state index is 0.554. The van der Waals surface area contributed by atoms with Crippen LogP contribution in [0.2, 0.25) is 0 Å². The van der Waals surface area contributed by atoms with Crippen LogP contribution in [0.5, 0.6) is 0 Å². The van der Waals surface area contributed by atoms with Gasteiger partial charge in [-0.25, -0.2) is 4.99 Å². The molecule has 128 valence electrons. The molecule has 0 radical (unpaired) electrons.